The minimum atomic E-state index is -0.0883. The molecule has 7 heteroatoms. The standard InChI is InChI=1S/C20H17N5OS/c21-20-24-11-15(12-25-20)16-3-1-2-13-10-14(4-5-17(13)16)19(26)23-7-6-18-22-8-9-27-18/h1-5,8-12H,6-7H2,(H,23,26)(H2,21,24,25). The Bertz CT molecular complexity index is 1080. The van der Waals surface area contributed by atoms with Crippen molar-refractivity contribution < 1.29 is 4.79 Å². The molecule has 0 atom stereocenters. The van der Waals surface area contributed by atoms with Crippen molar-refractivity contribution in [3.63, 3.8) is 0 Å². The number of benzene rings is 2. The van der Waals surface area contributed by atoms with Gasteiger partial charge in [0.15, 0.2) is 0 Å². The summed E-state index contributed by atoms with van der Waals surface area (Å²) in [4.78, 5) is 24.8. The number of thiazole rings is 1. The molecule has 0 unspecified atom stereocenters. The van der Waals surface area contributed by atoms with Gasteiger partial charge >= 0.3 is 0 Å². The number of nitrogens with two attached hydrogens (primary N) is 1. The van der Waals surface area contributed by atoms with Gasteiger partial charge in [-0.05, 0) is 28.5 Å². The van der Waals surface area contributed by atoms with Gasteiger partial charge < -0.3 is 11.1 Å². The first-order chi connectivity index (χ1) is 13.2. The fourth-order valence-corrected chi connectivity index (χ4v) is 3.54. The first-order valence-electron chi connectivity index (χ1n) is 8.48. The number of hydrogen-bond acceptors (Lipinski definition) is 6. The summed E-state index contributed by atoms with van der Waals surface area (Å²) in [6, 6.07) is 11.6. The van der Waals surface area contributed by atoms with E-state index in [-0.39, 0.29) is 11.9 Å². The van der Waals surface area contributed by atoms with Crippen LogP contribution in [0.4, 0.5) is 5.95 Å². The molecule has 0 aliphatic heterocycles. The summed E-state index contributed by atoms with van der Waals surface area (Å²) in [7, 11) is 0. The van der Waals surface area contributed by atoms with Gasteiger partial charge in [-0.1, -0.05) is 24.3 Å². The molecule has 0 saturated heterocycles. The largest absolute Gasteiger partial charge is 0.368 e. The van der Waals surface area contributed by atoms with Crippen molar-refractivity contribution in [2.75, 3.05) is 12.3 Å². The van der Waals surface area contributed by atoms with Gasteiger partial charge in [0.05, 0.1) is 5.01 Å². The van der Waals surface area contributed by atoms with Gasteiger partial charge in [0, 0.05) is 48.1 Å². The van der Waals surface area contributed by atoms with Crippen LogP contribution >= 0.6 is 11.3 Å². The second-order valence-electron chi connectivity index (χ2n) is 6.00. The van der Waals surface area contributed by atoms with Gasteiger partial charge in [-0.15, -0.1) is 11.3 Å². The molecule has 0 radical (unpaired) electrons. The van der Waals surface area contributed by atoms with Crippen LogP contribution in [-0.2, 0) is 6.42 Å². The third-order valence-corrected chi connectivity index (χ3v) is 5.07. The maximum Gasteiger partial charge on any atom is 0.251 e. The highest BCUT2D eigenvalue weighted by Gasteiger charge is 2.09. The lowest BCUT2D eigenvalue weighted by Gasteiger charge is -2.09. The van der Waals surface area contributed by atoms with Crippen molar-refractivity contribution in [3.8, 4) is 11.1 Å². The molecule has 4 aromatic rings. The number of nitrogens with zero attached hydrogens (tertiary/aromatic N) is 3. The van der Waals surface area contributed by atoms with Gasteiger partial charge in [0.2, 0.25) is 5.95 Å². The van der Waals surface area contributed by atoms with Crippen LogP contribution in [-0.4, -0.2) is 27.4 Å². The molecular weight excluding hydrogens is 358 g/mol. The number of carbonyl (C=O) groups excluding carboxylic acids is 1. The third-order valence-electron chi connectivity index (χ3n) is 4.23. The molecule has 2 aromatic heterocycles. The maximum atomic E-state index is 12.4. The fourth-order valence-electron chi connectivity index (χ4n) is 2.92. The first kappa shape index (κ1) is 17.1. The molecule has 134 valence electrons. The molecule has 3 N–H and O–H groups in total. The zero-order chi connectivity index (χ0) is 18.6. The van der Waals surface area contributed by atoms with E-state index >= 15 is 0 Å². The molecule has 2 aromatic carbocycles. The smallest absolute Gasteiger partial charge is 0.251 e. The van der Waals surface area contributed by atoms with Gasteiger partial charge in [-0.3, -0.25) is 4.79 Å². The van der Waals surface area contributed by atoms with E-state index in [1.165, 1.54) is 0 Å². The average molecular weight is 375 g/mol. The first-order valence-corrected chi connectivity index (χ1v) is 9.36. The summed E-state index contributed by atoms with van der Waals surface area (Å²) in [6.07, 6.45) is 5.92. The lowest BCUT2D eigenvalue weighted by molar-refractivity contribution is 0.0954. The van der Waals surface area contributed by atoms with Crippen LogP contribution < -0.4 is 11.1 Å². The van der Waals surface area contributed by atoms with Crippen LogP contribution in [0.3, 0.4) is 0 Å². The normalized spacial score (nSPS) is 10.8. The predicted octanol–water partition coefficient (Wildman–Crippen LogP) is 3.31. The Morgan fingerprint density at radius 1 is 1.11 bits per heavy atom. The molecule has 0 aliphatic rings. The van der Waals surface area contributed by atoms with E-state index < -0.39 is 0 Å². The number of rotatable bonds is 5. The van der Waals surface area contributed by atoms with E-state index in [9.17, 15) is 4.79 Å². The van der Waals surface area contributed by atoms with Crippen LogP contribution in [0.15, 0.2) is 60.4 Å². The minimum Gasteiger partial charge on any atom is -0.368 e. The van der Waals surface area contributed by atoms with E-state index in [2.05, 4.69) is 20.3 Å². The highest BCUT2D eigenvalue weighted by molar-refractivity contribution is 7.09. The Labute approximate surface area is 160 Å². The minimum absolute atomic E-state index is 0.0883. The number of hydrogen-bond donors (Lipinski definition) is 2. The molecule has 6 nitrogen and oxygen atoms in total. The van der Waals surface area contributed by atoms with E-state index in [1.807, 2.05) is 41.8 Å². The van der Waals surface area contributed by atoms with Crippen LogP contribution in [0.1, 0.15) is 15.4 Å². The number of aromatic nitrogens is 3. The summed E-state index contributed by atoms with van der Waals surface area (Å²) >= 11 is 1.59. The van der Waals surface area contributed by atoms with Gasteiger partial charge in [0.1, 0.15) is 0 Å². The number of nitrogens with one attached hydrogen (secondary N) is 1. The van der Waals surface area contributed by atoms with Crippen molar-refractivity contribution in [3.05, 3.63) is 70.9 Å². The molecular formula is C20H17N5OS. The van der Waals surface area contributed by atoms with E-state index in [4.69, 9.17) is 5.73 Å². The fraction of sp³-hybridized carbons (Fsp3) is 0.100. The van der Waals surface area contributed by atoms with Crippen LogP contribution in [0.5, 0.6) is 0 Å². The summed E-state index contributed by atoms with van der Waals surface area (Å²) in [5.41, 5.74) is 8.09. The summed E-state index contributed by atoms with van der Waals surface area (Å²) in [6.45, 7) is 0.563. The van der Waals surface area contributed by atoms with E-state index in [1.54, 1.807) is 29.9 Å². The predicted molar refractivity (Wildman–Crippen MR) is 108 cm³/mol. The van der Waals surface area contributed by atoms with Crippen molar-refractivity contribution in [1.29, 1.82) is 0 Å². The zero-order valence-electron chi connectivity index (χ0n) is 14.4. The van der Waals surface area contributed by atoms with Gasteiger partial charge in [-0.2, -0.15) is 0 Å². The monoisotopic (exact) mass is 375 g/mol. The molecule has 0 saturated carbocycles. The molecule has 27 heavy (non-hydrogen) atoms. The quantitative estimate of drug-likeness (QED) is 0.558. The summed E-state index contributed by atoms with van der Waals surface area (Å²) in [5.74, 6) is 0.158. The van der Waals surface area contributed by atoms with E-state index in [0.29, 0.717) is 12.1 Å². The lowest BCUT2D eigenvalue weighted by atomic mass is 9.98. The molecule has 1 amide bonds. The van der Waals surface area contributed by atoms with Crippen molar-refractivity contribution in [1.82, 2.24) is 20.3 Å². The number of carbonyl (C=O) groups is 1. The Balaban J connectivity index is 1.55. The highest BCUT2D eigenvalue weighted by Crippen LogP contribution is 2.28. The molecule has 0 aliphatic carbocycles. The number of amides is 1. The van der Waals surface area contributed by atoms with Crippen LogP contribution in [0.25, 0.3) is 21.9 Å². The number of fused-ring (bicyclic) bond motifs is 1. The highest BCUT2D eigenvalue weighted by atomic mass is 32.1. The third kappa shape index (κ3) is 3.78. The van der Waals surface area contributed by atoms with Gasteiger partial charge in [0.25, 0.3) is 5.91 Å². The van der Waals surface area contributed by atoms with Crippen LogP contribution in [0.2, 0.25) is 0 Å². The molecule has 4 rings (SSSR count). The second kappa shape index (κ2) is 7.51. The Morgan fingerprint density at radius 3 is 2.74 bits per heavy atom. The van der Waals surface area contributed by atoms with Crippen molar-refractivity contribution in [2.45, 2.75) is 6.42 Å². The van der Waals surface area contributed by atoms with Crippen LogP contribution in [0, 0.1) is 0 Å². The number of anilines is 1. The summed E-state index contributed by atoms with van der Waals surface area (Å²) < 4.78 is 0. The van der Waals surface area contributed by atoms with E-state index in [0.717, 1.165) is 33.3 Å². The Hall–Kier alpha value is -3.32. The topological polar surface area (TPSA) is 93.8 Å². The van der Waals surface area contributed by atoms with Crippen molar-refractivity contribution in [2.24, 2.45) is 0 Å². The second-order valence-corrected chi connectivity index (χ2v) is 6.98. The molecule has 0 fully saturated rings. The Morgan fingerprint density at radius 2 is 1.96 bits per heavy atom. The zero-order valence-corrected chi connectivity index (χ0v) is 15.2. The lowest BCUT2D eigenvalue weighted by Crippen LogP contribution is -2.25. The SMILES string of the molecule is Nc1ncc(-c2cccc3cc(C(=O)NCCc4nccs4)ccc23)cn1. The van der Waals surface area contributed by atoms with Gasteiger partial charge in [-0.25, -0.2) is 15.0 Å². The maximum absolute atomic E-state index is 12.4. The molecule has 0 bridgehead atoms. The van der Waals surface area contributed by atoms with Crippen molar-refractivity contribution >= 4 is 34.0 Å². The Kier molecular flexibility index (Phi) is 4.76. The summed E-state index contributed by atoms with van der Waals surface area (Å²) in [5, 5.41) is 7.92. The average Bonchev–Trinajstić information content (AvgIpc) is 3.21. The molecule has 0 spiro atoms. The number of nitrogen functional groups attached to an aromatic ring is 1. The molecule has 2 heterocycles.